The lowest BCUT2D eigenvalue weighted by molar-refractivity contribution is 0.0720. The van der Waals surface area contributed by atoms with E-state index in [9.17, 15) is 21.6 Å². The molecule has 0 N–H and O–H groups in total. The average molecular weight is 463 g/mol. The van der Waals surface area contributed by atoms with Gasteiger partial charge in [0.25, 0.3) is 15.9 Å². The van der Waals surface area contributed by atoms with E-state index in [0.29, 0.717) is 17.7 Å². The number of sulfone groups is 1. The van der Waals surface area contributed by atoms with Crippen molar-refractivity contribution in [2.45, 2.75) is 24.3 Å². The molecule has 166 valence electrons. The largest absolute Gasteiger partial charge is 0.331 e. The molecule has 9 heteroatoms. The second-order valence-corrected chi connectivity index (χ2v) is 11.8. The van der Waals surface area contributed by atoms with Crippen LogP contribution in [0.25, 0.3) is 0 Å². The number of amides is 1. The summed E-state index contributed by atoms with van der Waals surface area (Å²) >= 11 is 0. The van der Waals surface area contributed by atoms with Gasteiger partial charge in [-0.2, -0.15) is 0 Å². The predicted octanol–water partition coefficient (Wildman–Crippen LogP) is 2.64. The van der Waals surface area contributed by atoms with Gasteiger partial charge in [0.2, 0.25) is 0 Å². The number of nitrogens with zero attached hydrogens (tertiary/aromatic N) is 2. The predicted molar refractivity (Wildman–Crippen MR) is 122 cm³/mol. The minimum absolute atomic E-state index is 0.0534. The van der Waals surface area contributed by atoms with Gasteiger partial charge in [0, 0.05) is 25.2 Å². The standard InChI is InChI=1S/C22H26N2O5S2/c1-4-14-24(20-13-15-30(26,27)16-20)22(25)18-7-9-19(10-8-18)23(3)31(28,29)21-11-5-17(2)6-12-21/h4-12,20H,1,13-16H2,2-3H3. The lowest BCUT2D eigenvalue weighted by Crippen LogP contribution is -2.41. The third-order valence-electron chi connectivity index (χ3n) is 5.39. The summed E-state index contributed by atoms with van der Waals surface area (Å²) in [7, 11) is -5.42. The summed E-state index contributed by atoms with van der Waals surface area (Å²) in [5, 5.41) is 0. The highest BCUT2D eigenvalue weighted by Gasteiger charge is 2.34. The number of carbonyl (C=O) groups is 1. The van der Waals surface area contributed by atoms with E-state index in [1.165, 1.54) is 11.9 Å². The van der Waals surface area contributed by atoms with Crippen molar-refractivity contribution < 1.29 is 21.6 Å². The zero-order valence-electron chi connectivity index (χ0n) is 17.6. The number of hydrogen-bond donors (Lipinski definition) is 0. The van der Waals surface area contributed by atoms with E-state index in [4.69, 9.17) is 0 Å². The second-order valence-electron chi connectivity index (χ2n) is 7.64. The van der Waals surface area contributed by atoms with E-state index < -0.39 is 19.9 Å². The Labute approximate surface area is 184 Å². The third kappa shape index (κ3) is 4.99. The molecule has 0 saturated carbocycles. The highest BCUT2D eigenvalue weighted by molar-refractivity contribution is 7.92. The van der Waals surface area contributed by atoms with Gasteiger partial charge >= 0.3 is 0 Å². The Bertz CT molecular complexity index is 1170. The molecule has 0 radical (unpaired) electrons. The van der Waals surface area contributed by atoms with Gasteiger partial charge in [0.1, 0.15) is 0 Å². The summed E-state index contributed by atoms with van der Waals surface area (Å²) in [6, 6.07) is 12.4. The first-order valence-corrected chi connectivity index (χ1v) is 13.1. The van der Waals surface area contributed by atoms with Gasteiger partial charge in [-0.15, -0.1) is 6.58 Å². The zero-order valence-corrected chi connectivity index (χ0v) is 19.2. The van der Waals surface area contributed by atoms with Crippen LogP contribution in [0.4, 0.5) is 5.69 Å². The lowest BCUT2D eigenvalue weighted by atomic mass is 10.1. The van der Waals surface area contributed by atoms with Crippen molar-refractivity contribution in [2.24, 2.45) is 0 Å². The fourth-order valence-corrected chi connectivity index (χ4v) is 6.47. The van der Waals surface area contributed by atoms with Crippen LogP contribution in [-0.4, -0.2) is 58.8 Å². The number of sulfonamides is 1. The Kier molecular flexibility index (Phi) is 6.56. The molecule has 1 aliphatic heterocycles. The van der Waals surface area contributed by atoms with Crippen LogP contribution >= 0.6 is 0 Å². The van der Waals surface area contributed by atoms with Crippen molar-refractivity contribution in [3.8, 4) is 0 Å². The van der Waals surface area contributed by atoms with E-state index >= 15 is 0 Å². The summed E-state index contributed by atoms with van der Waals surface area (Å²) in [6.45, 7) is 5.79. The average Bonchev–Trinajstić information content (AvgIpc) is 3.10. The highest BCUT2D eigenvalue weighted by Crippen LogP contribution is 2.24. The van der Waals surface area contributed by atoms with E-state index in [2.05, 4.69) is 6.58 Å². The summed E-state index contributed by atoms with van der Waals surface area (Å²) in [4.78, 5) is 14.7. The van der Waals surface area contributed by atoms with Crippen LogP contribution in [0.5, 0.6) is 0 Å². The minimum atomic E-state index is -3.73. The summed E-state index contributed by atoms with van der Waals surface area (Å²) in [5.41, 5.74) is 1.73. The SMILES string of the molecule is C=CCN(C(=O)c1ccc(N(C)S(=O)(=O)c2ccc(C)cc2)cc1)C1CCS(=O)(=O)C1. The number of rotatable bonds is 7. The van der Waals surface area contributed by atoms with Gasteiger partial charge in [0.15, 0.2) is 9.84 Å². The van der Waals surface area contributed by atoms with E-state index in [0.717, 1.165) is 9.87 Å². The number of carbonyl (C=O) groups excluding carboxylic acids is 1. The Hall–Kier alpha value is -2.65. The molecule has 0 aliphatic carbocycles. The van der Waals surface area contributed by atoms with Crippen LogP contribution in [0, 0.1) is 6.92 Å². The maximum absolute atomic E-state index is 13.0. The van der Waals surface area contributed by atoms with Crippen molar-refractivity contribution >= 4 is 31.5 Å². The topological polar surface area (TPSA) is 91.8 Å². The van der Waals surface area contributed by atoms with Crippen molar-refractivity contribution in [1.82, 2.24) is 4.90 Å². The number of benzene rings is 2. The van der Waals surface area contributed by atoms with Crippen LogP contribution in [0.3, 0.4) is 0 Å². The summed E-state index contributed by atoms with van der Waals surface area (Å²) in [5.74, 6) is -0.293. The van der Waals surface area contributed by atoms with Crippen LogP contribution in [-0.2, 0) is 19.9 Å². The van der Waals surface area contributed by atoms with Crippen LogP contribution < -0.4 is 4.31 Å². The molecule has 1 unspecified atom stereocenters. The molecule has 1 atom stereocenters. The highest BCUT2D eigenvalue weighted by atomic mass is 32.2. The molecule has 0 bridgehead atoms. The zero-order chi connectivity index (χ0) is 22.8. The molecule has 1 heterocycles. The second kappa shape index (κ2) is 8.84. The minimum Gasteiger partial charge on any atom is -0.331 e. The fourth-order valence-electron chi connectivity index (χ4n) is 3.54. The van der Waals surface area contributed by atoms with E-state index in [1.54, 1.807) is 54.6 Å². The van der Waals surface area contributed by atoms with Crippen LogP contribution in [0.15, 0.2) is 66.1 Å². The van der Waals surface area contributed by atoms with E-state index in [-0.39, 0.29) is 34.9 Å². The fraction of sp³-hybridized carbons (Fsp3) is 0.318. The molecule has 3 rings (SSSR count). The van der Waals surface area contributed by atoms with Gasteiger partial charge in [-0.05, 0) is 49.7 Å². The quantitative estimate of drug-likeness (QED) is 0.590. The summed E-state index contributed by atoms with van der Waals surface area (Å²) in [6.07, 6.45) is 1.97. The van der Waals surface area contributed by atoms with Crippen molar-refractivity contribution in [3.63, 3.8) is 0 Å². The molecule has 2 aromatic rings. The molecule has 7 nitrogen and oxygen atoms in total. The molecular weight excluding hydrogens is 436 g/mol. The summed E-state index contributed by atoms with van der Waals surface area (Å²) < 4.78 is 50.6. The first-order valence-electron chi connectivity index (χ1n) is 9.83. The Morgan fingerprint density at radius 1 is 1.13 bits per heavy atom. The number of aryl methyl sites for hydroxylation is 1. The molecule has 2 aromatic carbocycles. The number of hydrogen-bond acceptors (Lipinski definition) is 5. The molecule has 0 aromatic heterocycles. The molecule has 1 fully saturated rings. The van der Waals surface area contributed by atoms with Gasteiger partial charge in [-0.1, -0.05) is 23.8 Å². The van der Waals surface area contributed by atoms with Crippen LogP contribution in [0.1, 0.15) is 22.3 Å². The van der Waals surface area contributed by atoms with Gasteiger partial charge in [-0.3, -0.25) is 9.10 Å². The molecule has 31 heavy (non-hydrogen) atoms. The molecule has 1 aliphatic rings. The first-order chi connectivity index (χ1) is 14.5. The normalized spacial score (nSPS) is 17.8. The van der Waals surface area contributed by atoms with E-state index in [1.807, 2.05) is 6.92 Å². The van der Waals surface area contributed by atoms with Gasteiger partial charge in [0.05, 0.1) is 22.1 Å². The third-order valence-corrected chi connectivity index (χ3v) is 8.94. The van der Waals surface area contributed by atoms with Crippen molar-refractivity contribution in [1.29, 1.82) is 0 Å². The van der Waals surface area contributed by atoms with Gasteiger partial charge in [-0.25, -0.2) is 16.8 Å². The molecule has 1 saturated heterocycles. The first kappa shape index (κ1) is 23.0. The maximum atomic E-state index is 13.0. The lowest BCUT2D eigenvalue weighted by Gasteiger charge is -2.27. The Morgan fingerprint density at radius 3 is 2.26 bits per heavy atom. The van der Waals surface area contributed by atoms with Crippen molar-refractivity contribution in [3.05, 3.63) is 72.3 Å². The van der Waals surface area contributed by atoms with Crippen molar-refractivity contribution in [2.75, 3.05) is 29.4 Å². The number of anilines is 1. The monoisotopic (exact) mass is 462 g/mol. The molecule has 1 amide bonds. The Balaban J connectivity index is 1.81. The van der Waals surface area contributed by atoms with Gasteiger partial charge < -0.3 is 4.90 Å². The Morgan fingerprint density at radius 2 is 1.74 bits per heavy atom. The molecule has 0 spiro atoms. The van der Waals surface area contributed by atoms with Crippen LogP contribution in [0.2, 0.25) is 0 Å². The maximum Gasteiger partial charge on any atom is 0.264 e. The molecular formula is C22H26N2O5S2. The smallest absolute Gasteiger partial charge is 0.264 e.